The fraction of sp³-hybridized carbons (Fsp3) is 0.438. The van der Waals surface area contributed by atoms with Gasteiger partial charge in [0.1, 0.15) is 18.4 Å². The number of rotatable bonds is 3. The first-order chi connectivity index (χ1) is 11.4. The lowest BCUT2D eigenvalue weighted by atomic mass is 9.88. The summed E-state index contributed by atoms with van der Waals surface area (Å²) < 4.78 is 29.0. The average Bonchev–Trinajstić information content (AvgIpc) is 2.95. The maximum absolute atomic E-state index is 14.5. The van der Waals surface area contributed by atoms with Gasteiger partial charge in [0.2, 0.25) is 17.7 Å². The lowest BCUT2D eigenvalue weighted by Gasteiger charge is -2.30. The van der Waals surface area contributed by atoms with Crippen molar-refractivity contribution in [2.75, 3.05) is 18.2 Å². The summed E-state index contributed by atoms with van der Waals surface area (Å²) in [5, 5.41) is 9.10. The number of aliphatic hydroxyl groups is 1. The van der Waals surface area contributed by atoms with Crippen LogP contribution in [0.25, 0.3) is 0 Å². The van der Waals surface area contributed by atoms with Crippen molar-refractivity contribution in [3.05, 3.63) is 29.3 Å². The Bertz CT molecular complexity index is 699. The fourth-order valence-corrected chi connectivity index (χ4v) is 3.23. The van der Waals surface area contributed by atoms with E-state index < -0.39 is 41.7 Å². The molecule has 0 aromatic heterocycles. The monoisotopic (exact) mass is 338 g/mol. The number of nitrogens with zero attached hydrogens (tertiary/aromatic N) is 2. The van der Waals surface area contributed by atoms with E-state index in [1.807, 2.05) is 0 Å². The number of piperidine rings is 1. The van der Waals surface area contributed by atoms with Crippen LogP contribution in [0.2, 0.25) is 0 Å². The average molecular weight is 338 g/mol. The number of carbonyl (C=O) groups excluding carboxylic acids is 3. The van der Waals surface area contributed by atoms with E-state index in [9.17, 15) is 23.2 Å². The minimum atomic E-state index is -1.17. The van der Waals surface area contributed by atoms with Crippen molar-refractivity contribution in [1.29, 1.82) is 0 Å². The van der Waals surface area contributed by atoms with E-state index in [0.717, 1.165) is 12.1 Å². The summed E-state index contributed by atoms with van der Waals surface area (Å²) in [5.74, 6) is -4.63. The molecule has 0 aliphatic carbocycles. The standard InChI is InChI=1S/C16H16F2N2O4/c17-11-6-9(19-5-1-2-13(19)22)7-12(18)15(11)10-3-4-14(23)20(8-21)16(10)24/h6-7,10,21H,1-5,8H2. The molecule has 0 radical (unpaired) electrons. The molecule has 1 N–H and O–H groups in total. The SMILES string of the molecule is O=C1CCC(c2c(F)cc(N3CCCC3=O)cc2F)C(=O)N1CO. The second-order valence-electron chi connectivity index (χ2n) is 5.86. The number of hydrogen-bond donors (Lipinski definition) is 1. The summed E-state index contributed by atoms with van der Waals surface area (Å²) >= 11 is 0. The molecule has 0 spiro atoms. The van der Waals surface area contributed by atoms with Gasteiger partial charge in [-0.2, -0.15) is 0 Å². The third kappa shape index (κ3) is 2.66. The molecule has 128 valence electrons. The molecule has 8 heteroatoms. The minimum absolute atomic E-state index is 0.0238. The van der Waals surface area contributed by atoms with Gasteiger partial charge in [-0.3, -0.25) is 19.3 Å². The highest BCUT2D eigenvalue weighted by atomic mass is 19.1. The normalized spacial score (nSPS) is 21.8. The second kappa shape index (κ2) is 6.27. The molecular weight excluding hydrogens is 322 g/mol. The van der Waals surface area contributed by atoms with Crippen molar-refractivity contribution < 1.29 is 28.3 Å². The second-order valence-corrected chi connectivity index (χ2v) is 5.86. The number of amides is 3. The highest BCUT2D eigenvalue weighted by molar-refractivity contribution is 6.01. The van der Waals surface area contributed by atoms with Crippen molar-refractivity contribution in [1.82, 2.24) is 4.90 Å². The zero-order valence-corrected chi connectivity index (χ0v) is 12.8. The van der Waals surface area contributed by atoms with E-state index in [1.54, 1.807) is 0 Å². The smallest absolute Gasteiger partial charge is 0.238 e. The number of hydrogen-bond acceptors (Lipinski definition) is 4. The molecule has 6 nitrogen and oxygen atoms in total. The Kier molecular flexibility index (Phi) is 4.31. The Labute approximate surface area is 136 Å². The molecular formula is C16H16F2N2O4. The van der Waals surface area contributed by atoms with Gasteiger partial charge in [0, 0.05) is 30.6 Å². The van der Waals surface area contributed by atoms with Gasteiger partial charge in [0.25, 0.3) is 0 Å². The van der Waals surface area contributed by atoms with E-state index >= 15 is 0 Å². The number of likely N-dealkylation sites (tertiary alicyclic amines) is 1. The number of benzene rings is 1. The number of imide groups is 1. The Morgan fingerprint density at radius 3 is 2.29 bits per heavy atom. The maximum Gasteiger partial charge on any atom is 0.238 e. The van der Waals surface area contributed by atoms with Gasteiger partial charge < -0.3 is 10.0 Å². The number of halogens is 2. The first-order valence-electron chi connectivity index (χ1n) is 7.68. The first-order valence-corrected chi connectivity index (χ1v) is 7.68. The molecule has 1 atom stereocenters. The molecule has 2 heterocycles. The molecule has 0 saturated carbocycles. The number of aliphatic hydroxyl groups excluding tert-OH is 1. The summed E-state index contributed by atoms with van der Waals surface area (Å²) in [6.45, 7) is -0.427. The molecule has 1 aromatic carbocycles. The fourth-order valence-electron chi connectivity index (χ4n) is 3.23. The van der Waals surface area contributed by atoms with Crippen LogP contribution in [0.4, 0.5) is 14.5 Å². The van der Waals surface area contributed by atoms with Crippen molar-refractivity contribution in [2.24, 2.45) is 0 Å². The first kappa shape index (κ1) is 16.5. The highest BCUT2D eigenvalue weighted by Crippen LogP contribution is 2.35. The molecule has 3 amide bonds. The zero-order chi connectivity index (χ0) is 17.4. The van der Waals surface area contributed by atoms with Crippen LogP contribution in [-0.2, 0) is 14.4 Å². The van der Waals surface area contributed by atoms with Crippen LogP contribution < -0.4 is 4.90 Å². The molecule has 2 saturated heterocycles. The predicted octanol–water partition coefficient (Wildman–Crippen LogP) is 1.27. The summed E-state index contributed by atoms with van der Waals surface area (Å²) in [5.41, 5.74) is -0.309. The van der Waals surface area contributed by atoms with Gasteiger partial charge in [0.15, 0.2) is 0 Å². The lowest BCUT2D eigenvalue weighted by Crippen LogP contribution is -2.45. The van der Waals surface area contributed by atoms with Crippen LogP contribution in [0, 0.1) is 11.6 Å². The molecule has 2 aliphatic heterocycles. The molecule has 2 aliphatic rings. The molecule has 24 heavy (non-hydrogen) atoms. The van der Waals surface area contributed by atoms with Gasteiger partial charge in [-0.1, -0.05) is 0 Å². The largest absolute Gasteiger partial charge is 0.376 e. The molecule has 1 aromatic rings. The van der Waals surface area contributed by atoms with Crippen molar-refractivity contribution >= 4 is 23.4 Å². The number of carbonyl (C=O) groups is 3. The van der Waals surface area contributed by atoms with Crippen LogP contribution in [0.1, 0.15) is 37.2 Å². The van der Waals surface area contributed by atoms with Crippen LogP contribution in [-0.4, -0.2) is 41.0 Å². The van der Waals surface area contributed by atoms with Crippen molar-refractivity contribution in [3.8, 4) is 0 Å². The summed E-state index contributed by atoms with van der Waals surface area (Å²) in [4.78, 5) is 37.4. The van der Waals surface area contributed by atoms with Crippen LogP contribution in [0.5, 0.6) is 0 Å². The molecule has 2 fully saturated rings. The third-order valence-corrected chi connectivity index (χ3v) is 4.45. The Morgan fingerprint density at radius 2 is 1.75 bits per heavy atom. The van der Waals surface area contributed by atoms with Gasteiger partial charge in [-0.25, -0.2) is 8.78 Å². The lowest BCUT2D eigenvalue weighted by molar-refractivity contribution is -0.153. The third-order valence-electron chi connectivity index (χ3n) is 4.45. The van der Waals surface area contributed by atoms with E-state index in [0.29, 0.717) is 24.3 Å². The van der Waals surface area contributed by atoms with Crippen molar-refractivity contribution in [3.63, 3.8) is 0 Å². The summed E-state index contributed by atoms with van der Waals surface area (Å²) in [6, 6.07) is 2.07. The van der Waals surface area contributed by atoms with E-state index in [1.165, 1.54) is 4.90 Å². The Morgan fingerprint density at radius 1 is 1.08 bits per heavy atom. The van der Waals surface area contributed by atoms with Crippen molar-refractivity contribution in [2.45, 2.75) is 31.6 Å². The molecule has 0 bridgehead atoms. The van der Waals surface area contributed by atoms with Gasteiger partial charge in [-0.05, 0) is 25.0 Å². The quantitative estimate of drug-likeness (QED) is 0.842. The topological polar surface area (TPSA) is 77.9 Å². The maximum atomic E-state index is 14.5. The van der Waals surface area contributed by atoms with Crippen LogP contribution in [0.3, 0.4) is 0 Å². The van der Waals surface area contributed by atoms with E-state index in [-0.39, 0.29) is 24.4 Å². The minimum Gasteiger partial charge on any atom is -0.376 e. The molecule has 3 rings (SSSR count). The Balaban J connectivity index is 1.95. The predicted molar refractivity (Wildman–Crippen MR) is 78.9 cm³/mol. The van der Waals surface area contributed by atoms with Crippen LogP contribution >= 0.6 is 0 Å². The number of anilines is 1. The highest BCUT2D eigenvalue weighted by Gasteiger charge is 2.38. The van der Waals surface area contributed by atoms with Gasteiger partial charge >= 0.3 is 0 Å². The zero-order valence-electron chi connectivity index (χ0n) is 12.8. The van der Waals surface area contributed by atoms with E-state index in [2.05, 4.69) is 0 Å². The van der Waals surface area contributed by atoms with Crippen LogP contribution in [0.15, 0.2) is 12.1 Å². The van der Waals surface area contributed by atoms with Gasteiger partial charge in [0.05, 0.1) is 5.92 Å². The molecule has 1 unspecified atom stereocenters. The van der Waals surface area contributed by atoms with E-state index in [4.69, 9.17) is 5.11 Å². The summed E-state index contributed by atoms with van der Waals surface area (Å²) in [6.07, 6.45) is 0.852. The van der Waals surface area contributed by atoms with Gasteiger partial charge in [-0.15, -0.1) is 0 Å². The summed E-state index contributed by atoms with van der Waals surface area (Å²) in [7, 11) is 0. The Hall–Kier alpha value is -2.35.